The van der Waals surface area contributed by atoms with Crippen LogP contribution in [0, 0.1) is 0 Å². The maximum absolute atomic E-state index is 13.7. The molecular formula is C32H26F3N3O. The fourth-order valence-electron chi connectivity index (χ4n) is 5.13. The van der Waals surface area contributed by atoms with Crippen LogP contribution in [-0.2, 0) is 10.9 Å². The van der Waals surface area contributed by atoms with E-state index in [0.29, 0.717) is 32.0 Å². The maximum atomic E-state index is 13.7. The molecule has 0 saturated carbocycles. The molecule has 1 aliphatic rings. The smallest absolute Gasteiger partial charge is 0.378 e. The summed E-state index contributed by atoms with van der Waals surface area (Å²) >= 11 is 0. The first kappa shape index (κ1) is 24.9. The SMILES string of the molecule is FC(F)(F)c1ccc(N2CCOCC2)c(N=Cc2c(-c3ccccc3)n(-c3ccccc3)c3ccccc23)c1. The number of fused-ring (bicyclic) bond motifs is 1. The second-order valence-electron chi connectivity index (χ2n) is 9.38. The molecule has 1 fully saturated rings. The Morgan fingerprint density at radius 1 is 0.769 bits per heavy atom. The van der Waals surface area contributed by atoms with Crippen molar-refractivity contribution in [1.29, 1.82) is 0 Å². The molecule has 7 heteroatoms. The summed E-state index contributed by atoms with van der Waals surface area (Å²) in [7, 11) is 0. The monoisotopic (exact) mass is 525 g/mol. The average Bonchev–Trinajstić information content (AvgIpc) is 3.31. The van der Waals surface area contributed by atoms with Gasteiger partial charge in [0.1, 0.15) is 0 Å². The van der Waals surface area contributed by atoms with E-state index in [9.17, 15) is 13.2 Å². The van der Waals surface area contributed by atoms with Gasteiger partial charge < -0.3 is 14.2 Å². The number of hydrogen-bond acceptors (Lipinski definition) is 3. The highest BCUT2D eigenvalue weighted by atomic mass is 19.4. The molecule has 4 nitrogen and oxygen atoms in total. The molecule has 1 saturated heterocycles. The van der Waals surface area contributed by atoms with Gasteiger partial charge in [-0.25, -0.2) is 0 Å². The number of anilines is 1. The van der Waals surface area contributed by atoms with Crippen LogP contribution in [-0.4, -0.2) is 37.1 Å². The summed E-state index contributed by atoms with van der Waals surface area (Å²) < 4.78 is 48.7. The molecule has 0 bridgehead atoms. The first-order valence-electron chi connectivity index (χ1n) is 12.8. The molecule has 0 spiro atoms. The van der Waals surface area contributed by atoms with E-state index in [2.05, 4.69) is 10.6 Å². The van der Waals surface area contributed by atoms with Gasteiger partial charge in [0, 0.05) is 35.9 Å². The van der Waals surface area contributed by atoms with Gasteiger partial charge in [-0.2, -0.15) is 13.2 Å². The predicted molar refractivity (Wildman–Crippen MR) is 150 cm³/mol. The minimum absolute atomic E-state index is 0.280. The lowest BCUT2D eigenvalue weighted by molar-refractivity contribution is -0.137. The maximum Gasteiger partial charge on any atom is 0.416 e. The third kappa shape index (κ3) is 4.93. The first-order valence-corrected chi connectivity index (χ1v) is 12.8. The number of halogens is 3. The normalized spacial score (nSPS) is 14.4. The molecule has 196 valence electrons. The van der Waals surface area contributed by atoms with E-state index in [-0.39, 0.29) is 5.69 Å². The Labute approximate surface area is 224 Å². The van der Waals surface area contributed by atoms with Gasteiger partial charge in [-0.05, 0) is 42.0 Å². The quantitative estimate of drug-likeness (QED) is 0.218. The highest BCUT2D eigenvalue weighted by Gasteiger charge is 2.31. The van der Waals surface area contributed by atoms with Crippen LogP contribution in [0.4, 0.5) is 24.5 Å². The number of hydrogen-bond donors (Lipinski definition) is 0. The molecule has 0 atom stereocenters. The van der Waals surface area contributed by atoms with Gasteiger partial charge in [0.2, 0.25) is 0 Å². The summed E-state index contributed by atoms with van der Waals surface area (Å²) in [6.07, 6.45) is -2.75. The number of aromatic nitrogens is 1. The van der Waals surface area contributed by atoms with E-state index in [1.165, 1.54) is 6.07 Å². The molecule has 39 heavy (non-hydrogen) atoms. The van der Waals surface area contributed by atoms with Gasteiger partial charge in [-0.1, -0.05) is 66.7 Å². The largest absolute Gasteiger partial charge is 0.416 e. The Bertz CT molecular complexity index is 1620. The van der Waals surface area contributed by atoms with Crippen molar-refractivity contribution in [1.82, 2.24) is 4.57 Å². The molecule has 0 aliphatic carbocycles. The van der Waals surface area contributed by atoms with Gasteiger partial charge in [0.25, 0.3) is 0 Å². The summed E-state index contributed by atoms with van der Waals surface area (Å²) in [6.45, 7) is 2.23. The van der Waals surface area contributed by atoms with E-state index >= 15 is 0 Å². The van der Waals surface area contributed by atoms with Gasteiger partial charge in [0.15, 0.2) is 0 Å². The van der Waals surface area contributed by atoms with Crippen molar-refractivity contribution >= 4 is 28.5 Å². The Morgan fingerprint density at radius 3 is 2.15 bits per heavy atom. The zero-order valence-corrected chi connectivity index (χ0v) is 21.1. The fourth-order valence-corrected chi connectivity index (χ4v) is 5.13. The molecule has 0 unspecified atom stereocenters. The Balaban J connectivity index is 1.57. The van der Waals surface area contributed by atoms with E-state index in [1.54, 1.807) is 6.21 Å². The van der Waals surface area contributed by atoms with Crippen molar-refractivity contribution in [3.05, 3.63) is 114 Å². The molecule has 1 aromatic heterocycles. The third-order valence-electron chi connectivity index (χ3n) is 6.96. The van der Waals surface area contributed by atoms with Crippen LogP contribution in [0.25, 0.3) is 27.8 Å². The van der Waals surface area contributed by atoms with E-state index in [4.69, 9.17) is 9.73 Å². The molecular weight excluding hydrogens is 499 g/mol. The third-order valence-corrected chi connectivity index (χ3v) is 6.96. The molecule has 6 rings (SSSR count). The minimum Gasteiger partial charge on any atom is -0.378 e. The molecule has 5 aromatic rings. The Morgan fingerprint density at radius 2 is 1.44 bits per heavy atom. The van der Waals surface area contributed by atoms with Crippen LogP contribution >= 0.6 is 0 Å². The summed E-state index contributed by atoms with van der Waals surface area (Å²) in [6, 6.07) is 31.8. The number of para-hydroxylation sites is 2. The van der Waals surface area contributed by atoms with Crippen molar-refractivity contribution in [3.63, 3.8) is 0 Å². The number of rotatable bonds is 5. The summed E-state index contributed by atoms with van der Waals surface area (Å²) in [5.74, 6) is 0. The van der Waals surface area contributed by atoms with Crippen molar-refractivity contribution in [2.24, 2.45) is 4.99 Å². The summed E-state index contributed by atoms with van der Waals surface area (Å²) in [5.41, 5.74) is 4.94. The van der Waals surface area contributed by atoms with Crippen molar-refractivity contribution in [2.75, 3.05) is 31.2 Å². The number of morpholine rings is 1. The second kappa shape index (κ2) is 10.4. The van der Waals surface area contributed by atoms with E-state index in [1.807, 2.05) is 83.8 Å². The van der Waals surface area contributed by atoms with Crippen LogP contribution in [0.2, 0.25) is 0 Å². The Hall–Kier alpha value is -4.36. The van der Waals surface area contributed by atoms with Crippen LogP contribution in [0.5, 0.6) is 0 Å². The molecule has 0 amide bonds. The molecule has 0 N–H and O–H groups in total. The lowest BCUT2D eigenvalue weighted by Gasteiger charge is -2.30. The highest BCUT2D eigenvalue weighted by molar-refractivity contribution is 6.08. The predicted octanol–water partition coefficient (Wildman–Crippen LogP) is 7.90. The van der Waals surface area contributed by atoms with Gasteiger partial charge in [0.05, 0.1) is 41.4 Å². The van der Waals surface area contributed by atoms with Crippen molar-refractivity contribution in [3.8, 4) is 16.9 Å². The average molecular weight is 526 g/mol. The standard InChI is InChI=1S/C32H26F3N3O/c33-32(34,35)24-15-16-30(37-17-19-39-20-18-37)28(21-24)36-22-27-26-13-7-8-14-29(26)38(25-11-5-2-6-12-25)31(27)23-9-3-1-4-10-23/h1-16,21-22H,17-20H2. The molecule has 1 aliphatic heterocycles. The fraction of sp³-hybridized carbons (Fsp3) is 0.156. The topological polar surface area (TPSA) is 29.8 Å². The molecule has 0 radical (unpaired) electrons. The first-order chi connectivity index (χ1) is 19.0. The molecule has 2 heterocycles. The molecule has 4 aromatic carbocycles. The van der Waals surface area contributed by atoms with E-state index < -0.39 is 11.7 Å². The number of nitrogens with zero attached hydrogens (tertiary/aromatic N) is 3. The summed E-state index contributed by atoms with van der Waals surface area (Å²) in [5, 5.41) is 0.962. The lowest BCUT2D eigenvalue weighted by Crippen LogP contribution is -2.36. The number of alkyl halides is 3. The second-order valence-corrected chi connectivity index (χ2v) is 9.38. The highest BCUT2D eigenvalue weighted by Crippen LogP contribution is 2.39. The van der Waals surface area contributed by atoms with E-state index in [0.717, 1.165) is 45.5 Å². The number of ether oxygens (including phenoxy) is 1. The lowest BCUT2D eigenvalue weighted by atomic mass is 10.1. The van der Waals surface area contributed by atoms with Gasteiger partial charge in [-0.15, -0.1) is 0 Å². The van der Waals surface area contributed by atoms with Crippen molar-refractivity contribution in [2.45, 2.75) is 6.18 Å². The minimum atomic E-state index is -4.47. The Kier molecular flexibility index (Phi) is 6.67. The number of benzene rings is 4. The zero-order valence-electron chi connectivity index (χ0n) is 21.1. The van der Waals surface area contributed by atoms with Crippen LogP contribution < -0.4 is 4.90 Å². The van der Waals surface area contributed by atoms with Gasteiger partial charge in [-0.3, -0.25) is 4.99 Å². The summed E-state index contributed by atoms with van der Waals surface area (Å²) in [4.78, 5) is 6.78. The van der Waals surface area contributed by atoms with Crippen molar-refractivity contribution < 1.29 is 17.9 Å². The van der Waals surface area contributed by atoms with Crippen LogP contribution in [0.3, 0.4) is 0 Å². The zero-order chi connectivity index (χ0) is 26.8. The van der Waals surface area contributed by atoms with Crippen LogP contribution in [0.15, 0.2) is 108 Å². The number of aliphatic imine (C=N–C) groups is 1. The van der Waals surface area contributed by atoms with Gasteiger partial charge >= 0.3 is 6.18 Å². The van der Waals surface area contributed by atoms with Crippen LogP contribution in [0.1, 0.15) is 11.1 Å².